The maximum absolute atomic E-state index is 12.2. The molecule has 130 valence electrons. The predicted octanol–water partition coefficient (Wildman–Crippen LogP) is 3.90. The van der Waals surface area contributed by atoms with Gasteiger partial charge in [0.1, 0.15) is 0 Å². The van der Waals surface area contributed by atoms with Crippen molar-refractivity contribution in [3.8, 4) is 0 Å². The van der Waals surface area contributed by atoms with Crippen LogP contribution in [0.5, 0.6) is 0 Å². The van der Waals surface area contributed by atoms with Gasteiger partial charge in [-0.3, -0.25) is 4.79 Å². The van der Waals surface area contributed by atoms with E-state index in [0.717, 1.165) is 37.2 Å². The second kappa shape index (κ2) is 8.03. The third-order valence-corrected chi connectivity index (χ3v) is 4.35. The van der Waals surface area contributed by atoms with E-state index in [1.807, 2.05) is 29.2 Å². The normalized spacial score (nSPS) is 13.6. The molecule has 1 heterocycles. The average Bonchev–Trinajstić information content (AvgIpc) is 3.15. The van der Waals surface area contributed by atoms with Gasteiger partial charge in [0.15, 0.2) is 0 Å². The van der Waals surface area contributed by atoms with Crippen LogP contribution in [0.4, 0.5) is 10.5 Å². The van der Waals surface area contributed by atoms with Gasteiger partial charge in [-0.1, -0.05) is 29.8 Å². The summed E-state index contributed by atoms with van der Waals surface area (Å²) >= 11 is 5.90. The number of likely N-dealkylation sites (tertiary alicyclic amines) is 1. The van der Waals surface area contributed by atoms with Crippen LogP contribution in [0.3, 0.4) is 0 Å². The first-order chi connectivity index (χ1) is 12.1. The quantitative estimate of drug-likeness (QED) is 0.871. The molecule has 25 heavy (non-hydrogen) atoms. The Kier molecular flexibility index (Phi) is 5.56. The summed E-state index contributed by atoms with van der Waals surface area (Å²) in [5.74, 6) is -0.186. The van der Waals surface area contributed by atoms with Gasteiger partial charge in [0, 0.05) is 35.9 Å². The number of carbonyl (C=O) groups is 2. The van der Waals surface area contributed by atoms with E-state index in [1.165, 1.54) is 0 Å². The Bertz CT molecular complexity index is 773. The minimum absolute atomic E-state index is 0.0717. The minimum Gasteiger partial charge on any atom is -0.348 e. The van der Waals surface area contributed by atoms with Crippen molar-refractivity contribution >= 4 is 29.2 Å². The molecule has 0 aromatic heterocycles. The fraction of sp³-hybridized carbons (Fsp3) is 0.263. The summed E-state index contributed by atoms with van der Waals surface area (Å²) in [6, 6.07) is 14.2. The zero-order valence-corrected chi connectivity index (χ0v) is 14.6. The fourth-order valence-corrected chi connectivity index (χ4v) is 2.99. The number of rotatable bonds is 4. The third kappa shape index (κ3) is 4.73. The second-order valence-electron chi connectivity index (χ2n) is 6.02. The van der Waals surface area contributed by atoms with Crippen LogP contribution < -0.4 is 10.6 Å². The molecule has 2 N–H and O–H groups in total. The minimum atomic E-state index is -0.186. The van der Waals surface area contributed by atoms with E-state index in [-0.39, 0.29) is 11.9 Å². The lowest BCUT2D eigenvalue weighted by molar-refractivity contribution is 0.0951. The van der Waals surface area contributed by atoms with Gasteiger partial charge < -0.3 is 15.5 Å². The number of amides is 3. The van der Waals surface area contributed by atoms with Crippen LogP contribution in [0.2, 0.25) is 5.02 Å². The lowest BCUT2D eigenvalue weighted by Crippen LogP contribution is -2.32. The first-order valence-corrected chi connectivity index (χ1v) is 8.68. The van der Waals surface area contributed by atoms with Crippen molar-refractivity contribution in [1.82, 2.24) is 10.2 Å². The van der Waals surface area contributed by atoms with Crippen molar-refractivity contribution in [2.24, 2.45) is 0 Å². The first kappa shape index (κ1) is 17.3. The lowest BCUT2D eigenvalue weighted by atomic mass is 10.1. The number of hydrogen-bond donors (Lipinski definition) is 2. The van der Waals surface area contributed by atoms with Crippen molar-refractivity contribution in [1.29, 1.82) is 0 Å². The van der Waals surface area contributed by atoms with E-state index < -0.39 is 0 Å². The van der Waals surface area contributed by atoms with E-state index in [2.05, 4.69) is 10.6 Å². The number of halogens is 1. The van der Waals surface area contributed by atoms with Crippen LogP contribution in [-0.4, -0.2) is 29.9 Å². The number of urea groups is 1. The van der Waals surface area contributed by atoms with E-state index in [9.17, 15) is 9.59 Å². The molecule has 1 aliphatic rings. The van der Waals surface area contributed by atoms with E-state index in [0.29, 0.717) is 17.1 Å². The molecule has 0 bridgehead atoms. The molecule has 0 aliphatic carbocycles. The summed E-state index contributed by atoms with van der Waals surface area (Å²) in [5, 5.41) is 6.29. The van der Waals surface area contributed by atoms with Gasteiger partial charge in [-0.15, -0.1) is 0 Å². The summed E-state index contributed by atoms with van der Waals surface area (Å²) in [5.41, 5.74) is 2.16. The number of hydrogen-bond acceptors (Lipinski definition) is 2. The Hall–Kier alpha value is -2.53. The smallest absolute Gasteiger partial charge is 0.321 e. The third-order valence-electron chi connectivity index (χ3n) is 4.11. The molecule has 0 unspecified atom stereocenters. The Balaban J connectivity index is 1.58. The van der Waals surface area contributed by atoms with Crippen LogP contribution in [0.15, 0.2) is 48.5 Å². The maximum Gasteiger partial charge on any atom is 0.321 e. The summed E-state index contributed by atoms with van der Waals surface area (Å²) in [4.78, 5) is 26.1. The molecule has 1 aliphatic heterocycles. The largest absolute Gasteiger partial charge is 0.348 e. The molecule has 0 saturated carbocycles. The van der Waals surface area contributed by atoms with Crippen molar-refractivity contribution < 1.29 is 9.59 Å². The van der Waals surface area contributed by atoms with Crippen LogP contribution in [0.25, 0.3) is 0 Å². The maximum atomic E-state index is 12.2. The van der Waals surface area contributed by atoms with Crippen LogP contribution >= 0.6 is 11.6 Å². The Labute approximate surface area is 152 Å². The molecular formula is C19H20ClN3O2. The SMILES string of the molecule is O=C(NCc1cccc(NC(=O)N2CCCC2)c1)c1cccc(Cl)c1. The molecule has 3 rings (SSSR count). The Morgan fingerprint density at radius 3 is 2.56 bits per heavy atom. The van der Waals surface area contributed by atoms with E-state index in [1.54, 1.807) is 24.3 Å². The number of benzene rings is 2. The topological polar surface area (TPSA) is 61.4 Å². The highest BCUT2D eigenvalue weighted by molar-refractivity contribution is 6.30. The molecule has 1 fully saturated rings. The van der Waals surface area contributed by atoms with Crippen molar-refractivity contribution in [2.45, 2.75) is 19.4 Å². The molecule has 2 aromatic rings. The molecule has 0 spiro atoms. The zero-order valence-electron chi connectivity index (χ0n) is 13.8. The first-order valence-electron chi connectivity index (χ1n) is 8.30. The van der Waals surface area contributed by atoms with Crippen LogP contribution in [0, 0.1) is 0 Å². The van der Waals surface area contributed by atoms with Gasteiger partial charge in [0.2, 0.25) is 0 Å². The van der Waals surface area contributed by atoms with Gasteiger partial charge in [-0.2, -0.15) is 0 Å². The molecule has 2 aromatic carbocycles. The highest BCUT2D eigenvalue weighted by Gasteiger charge is 2.17. The van der Waals surface area contributed by atoms with Gasteiger partial charge in [0.25, 0.3) is 5.91 Å². The Morgan fingerprint density at radius 2 is 1.80 bits per heavy atom. The lowest BCUT2D eigenvalue weighted by Gasteiger charge is -2.16. The van der Waals surface area contributed by atoms with Crippen molar-refractivity contribution in [3.05, 3.63) is 64.7 Å². The second-order valence-corrected chi connectivity index (χ2v) is 6.45. The molecular weight excluding hydrogens is 338 g/mol. The summed E-state index contributed by atoms with van der Waals surface area (Å²) in [6.45, 7) is 1.99. The highest BCUT2D eigenvalue weighted by Crippen LogP contribution is 2.15. The van der Waals surface area contributed by atoms with Crippen LogP contribution in [-0.2, 0) is 6.54 Å². The summed E-state index contributed by atoms with van der Waals surface area (Å²) in [7, 11) is 0. The van der Waals surface area contributed by atoms with Gasteiger partial charge in [-0.05, 0) is 48.7 Å². The summed E-state index contributed by atoms with van der Waals surface area (Å²) < 4.78 is 0. The molecule has 1 saturated heterocycles. The highest BCUT2D eigenvalue weighted by atomic mass is 35.5. The predicted molar refractivity (Wildman–Crippen MR) is 98.9 cm³/mol. The average molecular weight is 358 g/mol. The fourth-order valence-electron chi connectivity index (χ4n) is 2.80. The molecule has 0 atom stereocenters. The number of carbonyl (C=O) groups excluding carboxylic acids is 2. The molecule has 6 heteroatoms. The van der Waals surface area contributed by atoms with E-state index >= 15 is 0 Å². The summed E-state index contributed by atoms with van der Waals surface area (Å²) in [6.07, 6.45) is 2.12. The van der Waals surface area contributed by atoms with Gasteiger partial charge >= 0.3 is 6.03 Å². The van der Waals surface area contributed by atoms with Crippen molar-refractivity contribution in [2.75, 3.05) is 18.4 Å². The number of nitrogens with zero attached hydrogens (tertiary/aromatic N) is 1. The van der Waals surface area contributed by atoms with Crippen molar-refractivity contribution in [3.63, 3.8) is 0 Å². The molecule has 0 radical (unpaired) electrons. The number of nitrogens with one attached hydrogen (secondary N) is 2. The van der Waals surface area contributed by atoms with Gasteiger partial charge in [-0.25, -0.2) is 4.79 Å². The van der Waals surface area contributed by atoms with E-state index in [4.69, 9.17) is 11.6 Å². The zero-order chi connectivity index (χ0) is 17.6. The monoisotopic (exact) mass is 357 g/mol. The standard InChI is InChI=1S/C19H20ClN3O2/c20-16-7-4-6-15(12-16)18(24)21-13-14-5-3-8-17(11-14)22-19(25)23-9-1-2-10-23/h3-8,11-12H,1-2,9-10,13H2,(H,21,24)(H,22,25). The molecule has 5 nitrogen and oxygen atoms in total. The van der Waals surface area contributed by atoms with Crippen LogP contribution in [0.1, 0.15) is 28.8 Å². The van der Waals surface area contributed by atoms with Gasteiger partial charge in [0.05, 0.1) is 0 Å². The Morgan fingerprint density at radius 1 is 1.04 bits per heavy atom. The molecule has 3 amide bonds. The number of anilines is 1.